The quantitative estimate of drug-likeness (QED) is 0.453. The number of hydrogen-bond donors (Lipinski definition) is 0. The van der Waals surface area contributed by atoms with Gasteiger partial charge in [-0.15, -0.1) is 0 Å². The highest BCUT2D eigenvalue weighted by molar-refractivity contribution is 6.10. The molecule has 0 saturated carbocycles. The zero-order valence-electron chi connectivity index (χ0n) is 17.9. The fourth-order valence-electron chi connectivity index (χ4n) is 3.89. The lowest BCUT2D eigenvalue weighted by Crippen LogP contribution is -2.36. The largest absolute Gasteiger partial charge is 0.435 e. The molecule has 130 valence electrons. The van der Waals surface area contributed by atoms with Gasteiger partial charge >= 0.3 is 0 Å². The number of aromatic nitrogens is 1. The van der Waals surface area contributed by atoms with E-state index in [0.717, 1.165) is 39.0 Å². The van der Waals surface area contributed by atoms with Crippen molar-refractivity contribution in [2.45, 2.75) is 26.9 Å². The fourth-order valence-corrected chi connectivity index (χ4v) is 3.89. The zero-order chi connectivity index (χ0) is 20.5. The molecule has 5 rings (SSSR count). The maximum Gasteiger partial charge on any atom is 0.227 e. The summed E-state index contributed by atoms with van der Waals surface area (Å²) in [5.41, 5.74) is 5.67. The summed E-state index contributed by atoms with van der Waals surface area (Å²) in [6.07, 6.45) is -0.396. The molecule has 1 unspecified atom stereocenters. The molecule has 4 nitrogen and oxygen atoms in total. The molecule has 0 aliphatic carbocycles. The first-order valence-electron chi connectivity index (χ1n) is 10.2. The highest BCUT2D eigenvalue weighted by Crippen LogP contribution is 2.47. The summed E-state index contributed by atoms with van der Waals surface area (Å²) in [7, 11) is 0. The van der Waals surface area contributed by atoms with Crippen molar-refractivity contribution in [1.29, 1.82) is 0 Å². The third-order valence-electron chi connectivity index (χ3n) is 5.21. The van der Waals surface area contributed by atoms with E-state index in [-0.39, 0.29) is 0 Å². The number of nitrogens with zero attached hydrogens (tertiary/aromatic N) is 3. The minimum Gasteiger partial charge on any atom is -0.435 e. The SMILES string of the molecule is [2H]C([2H])([2H])N1c2ccccc2N(c2c(C)ccc3c2oc2nc(C)ccc23)C1C. The lowest BCUT2D eigenvalue weighted by atomic mass is 10.1. The van der Waals surface area contributed by atoms with Crippen LogP contribution in [0.2, 0.25) is 0 Å². The molecule has 0 amide bonds. The van der Waals surface area contributed by atoms with Gasteiger partial charge in [0.25, 0.3) is 0 Å². The normalized spacial score (nSPS) is 18.9. The summed E-state index contributed by atoms with van der Waals surface area (Å²) >= 11 is 0. The highest BCUT2D eigenvalue weighted by atomic mass is 16.3. The summed E-state index contributed by atoms with van der Waals surface area (Å²) in [4.78, 5) is 8.10. The van der Waals surface area contributed by atoms with E-state index in [1.807, 2.05) is 63.2 Å². The number of anilines is 3. The molecule has 1 atom stereocenters. The summed E-state index contributed by atoms with van der Waals surface area (Å²) in [6.45, 7) is 3.62. The Labute approximate surface area is 156 Å². The Kier molecular flexibility index (Phi) is 2.49. The Morgan fingerprint density at radius 3 is 2.58 bits per heavy atom. The van der Waals surface area contributed by atoms with Crippen LogP contribution in [-0.2, 0) is 0 Å². The van der Waals surface area contributed by atoms with E-state index in [0.29, 0.717) is 11.4 Å². The van der Waals surface area contributed by atoms with Gasteiger partial charge in [-0.05, 0) is 50.6 Å². The van der Waals surface area contributed by atoms with Gasteiger partial charge in [0.1, 0.15) is 6.17 Å². The first-order valence-corrected chi connectivity index (χ1v) is 8.74. The van der Waals surface area contributed by atoms with Crippen molar-refractivity contribution < 1.29 is 8.53 Å². The second-order valence-electron chi connectivity index (χ2n) is 6.88. The highest BCUT2D eigenvalue weighted by Gasteiger charge is 2.34. The zero-order valence-corrected chi connectivity index (χ0v) is 14.9. The van der Waals surface area contributed by atoms with Crippen LogP contribution in [0.5, 0.6) is 0 Å². The van der Waals surface area contributed by atoms with Gasteiger partial charge in [-0.1, -0.05) is 24.3 Å². The van der Waals surface area contributed by atoms with Crippen molar-refractivity contribution in [3.63, 3.8) is 0 Å². The van der Waals surface area contributed by atoms with E-state index in [9.17, 15) is 0 Å². The van der Waals surface area contributed by atoms with E-state index in [4.69, 9.17) is 8.53 Å². The molecule has 0 saturated heterocycles. The molecule has 2 aromatic carbocycles. The van der Waals surface area contributed by atoms with Gasteiger partial charge < -0.3 is 14.2 Å². The predicted molar refractivity (Wildman–Crippen MR) is 107 cm³/mol. The number of pyridine rings is 1. The molecule has 4 heteroatoms. The van der Waals surface area contributed by atoms with Crippen molar-refractivity contribution in [2.24, 2.45) is 0 Å². The number of aryl methyl sites for hydroxylation is 2. The number of hydrogen-bond acceptors (Lipinski definition) is 4. The molecule has 2 aromatic heterocycles. The monoisotopic (exact) mass is 346 g/mol. The minimum absolute atomic E-state index is 0.396. The second kappa shape index (κ2) is 5.24. The van der Waals surface area contributed by atoms with E-state index >= 15 is 0 Å². The van der Waals surface area contributed by atoms with Crippen molar-refractivity contribution in [3.05, 3.63) is 59.8 Å². The molecule has 4 aromatic rings. The summed E-state index contributed by atoms with van der Waals surface area (Å²) in [5.74, 6) is 0. The number of fused-ring (bicyclic) bond motifs is 4. The molecule has 3 heterocycles. The van der Waals surface area contributed by atoms with Gasteiger partial charge in [-0.25, -0.2) is 4.98 Å². The third-order valence-corrected chi connectivity index (χ3v) is 5.21. The van der Waals surface area contributed by atoms with Gasteiger partial charge in [0.15, 0.2) is 5.58 Å². The number of rotatable bonds is 1. The smallest absolute Gasteiger partial charge is 0.227 e. The van der Waals surface area contributed by atoms with Crippen LogP contribution in [0.1, 0.15) is 22.3 Å². The predicted octanol–water partition coefficient (Wildman–Crippen LogP) is 5.53. The van der Waals surface area contributed by atoms with Gasteiger partial charge in [-0.3, -0.25) is 0 Å². The van der Waals surface area contributed by atoms with Crippen molar-refractivity contribution in [2.75, 3.05) is 16.8 Å². The summed E-state index contributed by atoms with van der Waals surface area (Å²) in [6, 6.07) is 15.7. The van der Waals surface area contributed by atoms with Crippen molar-refractivity contribution in [1.82, 2.24) is 4.98 Å². The standard InChI is InChI=1S/C22H21N3O/c1-13-9-11-16-17-12-10-14(2)23-22(17)26-21(16)20(13)25-15(3)24(4)18-7-5-6-8-19(18)25/h5-12,15H,1-4H3/i4D3. The average molecular weight is 346 g/mol. The summed E-state index contributed by atoms with van der Waals surface area (Å²) < 4.78 is 30.4. The lowest BCUT2D eigenvalue weighted by Gasteiger charge is -2.29. The average Bonchev–Trinajstić information content (AvgIpc) is 3.15. The van der Waals surface area contributed by atoms with Crippen LogP contribution in [0.3, 0.4) is 0 Å². The Balaban J connectivity index is 1.81. The number of benzene rings is 2. The fraction of sp³-hybridized carbons (Fsp3) is 0.227. The van der Waals surface area contributed by atoms with Crippen LogP contribution in [0.15, 0.2) is 52.9 Å². The van der Waals surface area contributed by atoms with E-state index in [1.165, 1.54) is 4.90 Å². The first-order chi connectivity index (χ1) is 13.8. The molecule has 0 radical (unpaired) electrons. The molecule has 0 spiro atoms. The molecule has 1 aliphatic heterocycles. The van der Waals surface area contributed by atoms with Crippen LogP contribution in [0.25, 0.3) is 22.1 Å². The summed E-state index contributed by atoms with van der Waals surface area (Å²) in [5, 5.41) is 1.93. The van der Waals surface area contributed by atoms with Crippen LogP contribution >= 0.6 is 0 Å². The molecule has 0 fully saturated rings. The first kappa shape index (κ1) is 12.4. The van der Waals surface area contributed by atoms with Gasteiger partial charge in [0.2, 0.25) is 5.71 Å². The van der Waals surface area contributed by atoms with Crippen LogP contribution < -0.4 is 9.80 Å². The molecule has 26 heavy (non-hydrogen) atoms. The van der Waals surface area contributed by atoms with Gasteiger partial charge in [0.05, 0.1) is 17.1 Å². The van der Waals surface area contributed by atoms with Crippen LogP contribution in [0, 0.1) is 13.8 Å². The molecule has 0 bridgehead atoms. The Bertz CT molecular complexity index is 1260. The van der Waals surface area contributed by atoms with E-state index in [1.54, 1.807) is 0 Å². The molecular formula is C22H21N3O. The van der Waals surface area contributed by atoms with Crippen LogP contribution in [0.4, 0.5) is 17.1 Å². The minimum atomic E-state index is -2.25. The maximum absolute atomic E-state index is 8.07. The molecule has 1 aliphatic rings. The van der Waals surface area contributed by atoms with E-state index < -0.39 is 13.1 Å². The molecule has 0 N–H and O–H groups in total. The van der Waals surface area contributed by atoms with Crippen molar-refractivity contribution in [3.8, 4) is 0 Å². The van der Waals surface area contributed by atoms with Crippen molar-refractivity contribution >= 4 is 39.1 Å². The molecular weight excluding hydrogens is 322 g/mol. The van der Waals surface area contributed by atoms with Gasteiger partial charge in [-0.2, -0.15) is 0 Å². The third kappa shape index (κ3) is 1.93. The number of furan rings is 1. The van der Waals surface area contributed by atoms with E-state index in [2.05, 4.69) is 16.0 Å². The van der Waals surface area contributed by atoms with Gasteiger partial charge in [0, 0.05) is 27.6 Å². The Hall–Kier alpha value is -3.01. The van der Waals surface area contributed by atoms with Crippen LogP contribution in [-0.4, -0.2) is 18.1 Å². The number of para-hydroxylation sites is 2. The Morgan fingerprint density at radius 2 is 1.77 bits per heavy atom. The maximum atomic E-state index is 8.07. The Morgan fingerprint density at radius 1 is 1.00 bits per heavy atom. The second-order valence-corrected chi connectivity index (χ2v) is 6.88. The lowest BCUT2D eigenvalue weighted by molar-refractivity contribution is 0.647. The topological polar surface area (TPSA) is 32.5 Å².